The summed E-state index contributed by atoms with van der Waals surface area (Å²) in [6.07, 6.45) is 1.16. The molecule has 0 fully saturated rings. The van der Waals surface area contributed by atoms with Crippen LogP contribution in [0.5, 0.6) is 0 Å². The quantitative estimate of drug-likeness (QED) is 0.565. The zero-order valence-corrected chi connectivity index (χ0v) is 15.6. The van der Waals surface area contributed by atoms with Gasteiger partial charge in [0.15, 0.2) is 14.9 Å². The van der Waals surface area contributed by atoms with Gasteiger partial charge < -0.3 is 10.6 Å². The van der Waals surface area contributed by atoms with E-state index in [1.165, 1.54) is 0 Å². The molecular weight excluding hydrogens is 386 g/mol. The summed E-state index contributed by atoms with van der Waals surface area (Å²) in [6.45, 7) is 0.426. The Hall–Kier alpha value is -1.71. The molecule has 0 aromatic heterocycles. The standard InChI is InChI=1S/C16H16F2N2O2S3/c1-25(21,22)14-8-2-11(3-9-14)10-19-16(23)20-12-4-6-13(7-5-12)24-15(17)18/h2-9,15H,10H2,1H3,(H2,19,20,23). The van der Waals surface area contributed by atoms with E-state index in [1.54, 1.807) is 48.5 Å². The van der Waals surface area contributed by atoms with Crippen molar-refractivity contribution < 1.29 is 17.2 Å². The third kappa shape index (κ3) is 6.60. The lowest BCUT2D eigenvalue weighted by Crippen LogP contribution is -2.27. The normalized spacial score (nSPS) is 11.4. The summed E-state index contributed by atoms with van der Waals surface area (Å²) >= 11 is 5.66. The molecule has 25 heavy (non-hydrogen) atoms. The first-order valence-corrected chi connectivity index (χ1v) is 10.3. The number of hydrogen-bond acceptors (Lipinski definition) is 4. The molecule has 0 spiro atoms. The summed E-state index contributed by atoms with van der Waals surface area (Å²) in [5.41, 5.74) is 1.56. The second-order valence-electron chi connectivity index (χ2n) is 5.13. The van der Waals surface area contributed by atoms with Crippen molar-refractivity contribution in [1.29, 1.82) is 0 Å². The highest BCUT2D eigenvalue weighted by atomic mass is 32.2. The Kier molecular flexibility index (Phi) is 6.74. The molecule has 2 rings (SSSR count). The average molecular weight is 403 g/mol. The largest absolute Gasteiger partial charge is 0.358 e. The van der Waals surface area contributed by atoms with E-state index in [-0.39, 0.29) is 4.90 Å². The van der Waals surface area contributed by atoms with Gasteiger partial charge in [0.25, 0.3) is 5.76 Å². The van der Waals surface area contributed by atoms with E-state index in [0.717, 1.165) is 11.8 Å². The maximum absolute atomic E-state index is 12.3. The number of thioether (sulfide) groups is 1. The molecular formula is C16H16F2N2O2S3. The Bertz CT molecular complexity index is 823. The smallest absolute Gasteiger partial charge is 0.288 e. The monoisotopic (exact) mass is 402 g/mol. The van der Waals surface area contributed by atoms with Crippen molar-refractivity contribution in [2.75, 3.05) is 11.6 Å². The van der Waals surface area contributed by atoms with Crippen LogP contribution in [0.3, 0.4) is 0 Å². The van der Waals surface area contributed by atoms with Gasteiger partial charge in [-0.15, -0.1) is 0 Å². The van der Waals surface area contributed by atoms with Crippen LogP contribution in [0, 0.1) is 0 Å². The van der Waals surface area contributed by atoms with Crippen molar-refractivity contribution in [2.24, 2.45) is 0 Å². The van der Waals surface area contributed by atoms with Crippen molar-refractivity contribution in [1.82, 2.24) is 5.32 Å². The molecule has 2 N–H and O–H groups in total. The third-order valence-electron chi connectivity index (χ3n) is 3.14. The average Bonchev–Trinajstić information content (AvgIpc) is 2.54. The van der Waals surface area contributed by atoms with Gasteiger partial charge in [-0.2, -0.15) is 8.78 Å². The number of benzene rings is 2. The summed E-state index contributed by atoms with van der Waals surface area (Å²) in [5.74, 6) is -2.45. The summed E-state index contributed by atoms with van der Waals surface area (Å²) in [7, 11) is -3.21. The van der Waals surface area contributed by atoms with Crippen LogP contribution in [0.15, 0.2) is 58.3 Å². The number of halogens is 2. The molecule has 0 aliphatic carbocycles. The Labute approximate surface area is 154 Å². The first kappa shape index (κ1) is 19.6. The van der Waals surface area contributed by atoms with Crippen LogP contribution in [-0.4, -0.2) is 25.5 Å². The molecule has 0 aliphatic heterocycles. The zero-order valence-electron chi connectivity index (χ0n) is 13.2. The van der Waals surface area contributed by atoms with Crippen molar-refractivity contribution in [3.63, 3.8) is 0 Å². The molecule has 2 aromatic carbocycles. The fraction of sp³-hybridized carbons (Fsp3) is 0.188. The molecule has 0 radical (unpaired) electrons. The predicted molar refractivity (Wildman–Crippen MR) is 101 cm³/mol. The molecule has 0 heterocycles. The highest BCUT2D eigenvalue weighted by molar-refractivity contribution is 7.99. The number of rotatable bonds is 6. The van der Waals surface area contributed by atoms with Gasteiger partial charge in [0.2, 0.25) is 0 Å². The molecule has 0 saturated carbocycles. The number of nitrogens with one attached hydrogen (secondary N) is 2. The van der Waals surface area contributed by atoms with E-state index in [4.69, 9.17) is 12.2 Å². The van der Waals surface area contributed by atoms with Gasteiger partial charge in [-0.1, -0.05) is 23.9 Å². The van der Waals surface area contributed by atoms with E-state index >= 15 is 0 Å². The minimum atomic E-state index is -3.21. The van der Waals surface area contributed by atoms with Crippen molar-refractivity contribution in [2.45, 2.75) is 22.1 Å². The number of anilines is 1. The molecule has 0 aliphatic rings. The molecule has 0 amide bonds. The predicted octanol–water partition coefficient (Wildman–Crippen LogP) is 3.89. The van der Waals surface area contributed by atoms with Crippen LogP contribution in [-0.2, 0) is 16.4 Å². The minimum Gasteiger partial charge on any atom is -0.358 e. The van der Waals surface area contributed by atoms with E-state index < -0.39 is 15.6 Å². The molecule has 9 heteroatoms. The lowest BCUT2D eigenvalue weighted by molar-refractivity contribution is 0.252. The number of hydrogen-bond donors (Lipinski definition) is 2. The second-order valence-corrected chi connectivity index (χ2v) is 8.61. The Morgan fingerprint density at radius 1 is 1.12 bits per heavy atom. The molecule has 134 valence electrons. The van der Waals surface area contributed by atoms with Gasteiger partial charge in [-0.25, -0.2) is 8.42 Å². The Morgan fingerprint density at radius 3 is 2.24 bits per heavy atom. The van der Waals surface area contributed by atoms with E-state index in [1.807, 2.05) is 0 Å². The molecule has 4 nitrogen and oxygen atoms in total. The second kappa shape index (κ2) is 8.59. The summed E-state index contributed by atoms with van der Waals surface area (Å²) in [6, 6.07) is 13.0. The van der Waals surface area contributed by atoms with Crippen LogP contribution in [0.2, 0.25) is 0 Å². The van der Waals surface area contributed by atoms with Crippen molar-refractivity contribution in [3.8, 4) is 0 Å². The van der Waals surface area contributed by atoms with Gasteiger partial charge in [0.05, 0.1) is 4.90 Å². The Morgan fingerprint density at radius 2 is 1.72 bits per heavy atom. The lowest BCUT2D eigenvalue weighted by Gasteiger charge is -2.11. The number of sulfone groups is 1. The van der Waals surface area contributed by atoms with Gasteiger partial charge in [0.1, 0.15) is 0 Å². The van der Waals surface area contributed by atoms with Crippen molar-refractivity contribution in [3.05, 3.63) is 54.1 Å². The molecule has 0 saturated heterocycles. The SMILES string of the molecule is CS(=O)(=O)c1ccc(CNC(=S)Nc2ccc(SC(F)F)cc2)cc1. The van der Waals surface area contributed by atoms with E-state index in [9.17, 15) is 17.2 Å². The van der Waals surface area contributed by atoms with Crippen LogP contribution >= 0.6 is 24.0 Å². The maximum Gasteiger partial charge on any atom is 0.288 e. The highest BCUT2D eigenvalue weighted by Gasteiger charge is 2.07. The molecule has 0 bridgehead atoms. The summed E-state index contributed by atoms with van der Waals surface area (Å²) in [5, 5.41) is 6.33. The van der Waals surface area contributed by atoms with Gasteiger partial charge in [0, 0.05) is 23.4 Å². The lowest BCUT2D eigenvalue weighted by atomic mass is 10.2. The van der Waals surface area contributed by atoms with Crippen LogP contribution < -0.4 is 10.6 Å². The van der Waals surface area contributed by atoms with E-state index in [2.05, 4.69) is 10.6 Å². The summed E-state index contributed by atoms with van der Waals surface area (Å²) < 4.78 is 47.3. The van der Waals surface area contributed by atoms with Gasteiger partial charge in [-0.3, -0.25) is 0 Å². The highest BCUT2D eigenvalue weighted by Crippen LogP contribution is 2.26. The zero-order chi connectivity index (χ0) is 18.4. The van der Waals surface area contributed by atoms with Crippen LogP contribution in [0.1, 0.15) is 5.56 Å². The number of alkyl halides is 2. The first-order valence-electron chi connectivity index (χ1n) is 7.13. The topological polar surface area (TPSA) is 58.2 Å². The fourth-order valence-corrected chi connectivity index (χ4v) is 3.25. The minimum absolute atomic E-state index is 0.263. The third-order valence-corrected chi connectivity index (χ3v) is 5.24. The number of thiocarbonyl (C=S) groups is 1. The summed E-state index contributed by atoms with van der Waals surface area (Å²) in [4.78, 5) is 0.740. The molecule has 0 unspecified atom stereocenters. The fourth-order valence-electron chi connectivity index (χ4n) is 1.93. The van der Waals surface area contributed by atoms with Crippen molar-refractivity contribution >= 4 is 44.6 Å². The maximum atomic E-state index is 12.3. The first-order chi connectivity index (χ1) is 11.7. The van der Waals surface area contributed by atoms with Gasteiger partial charge >= 0.3 is 0 Å². The van der Waals surface area contributed by atoms with E-state index in [0.29, 0.717) is 34.0 Å². The Balaban J connectivity index is 1.86. The molecule has 0 atom stereocenters. The molecule has 2 aromatic rings. The van der Waals surface area contributed by atoms with Crippen LogP contribution in [0.4, 0.5) is 14.5 Å². The van der Waals surface area contributed by atoms with Gasteiger partial charge in [-0.05, 0) is 54.2 Å². The van der Waals surface area contributed by atoms with Crippen LogP contribution in [0.25, 0.3) is 0 Å².